The fraction of sp³-hybridized carbons (Fsp3) is 0.750. The predicted molar refractivity (Wildman–Crippen MR) is 92.4 cm³/mol. The maximum Gasteiger partial charge on any atom is 0.326 e. The summed E-state index contributed by atoms with van der Waals surface area (Å²) in [6.45, 7) is 8.31. The smallest absolute Gasteiger partial charge is 0.326 e. The zero-order valence-corrected chi connectivity index (χ0v) is 15.5. The fourth-order valence-corrected chi connectivity index (χ4v) is 2.06. The molecule has 3 atom stereocenters. The molecule has 0 rings (SSSR count). The van der Waals surface area contributed by atoms with Crippen LogP contribution in [0.3, 0.4) is 0 Å². The highest BCUT2D eigenvalue weighted by Crippen LogP contribution is 2.03. The third-order valence-electron chi connectivity index (χ3n) is 3.49. The van der Waals surface area contributed by atoms with Crippen molar-refractivity contribution in [1.82, 2.24) is 16.0 Å². The van der Waals surface area contributed by atoms with Crippen LogP contribution in [0.4, 0.5) is 0 Å². The van der Waals surface area contributed by atoms with E-state index in [1.807, 2.05) is 13.8 Å². The van der Waals surface area contributed by atoms with Crippen molar-refractivity contribution in [2.24, 2.45) is 17.6 Å². The number of aliphatic carboxylic acids is 1. The van der Waals surface area contributed by atoms with Gasteiger partial charge in [-0.1, -0.05) is 27.7 Å². The first kappa shape index (κ1) is 22.8. The lowest BCUT2D eigenvalue weighted by atomic mass is 10.0. The number of rotatable bonds is 10. The summed E-state index contributed by atoms with van der Waals surface area (Å²) in [5.41, 5.74) is 5.70. The van der Waals surface area contributed by atoms with Crippen LogP contribution < -0.4 is 21.7 Å². The van der Waals surface area contributed by atoms with Gasteiger partial charge in [0.1, 0.15) is 12.1 Å². The van der Waals surface area contributed by atoms with Crippen LogP contribution in [0.25, 0.3) is 0 Å². The molecule has 0 fully saturated rings. The summed E-state index contributed by atoms with van der Waals surface area (Å²) in [6.07, 6.45) is 0.498. The number of carboxylic acids is 1. The van der Waals surface area contributed by atoms with Crippen LogP contribution >= 0.6 is 0 Å². The van der Waals surface area contributed by atoms with Crippen LogP contribution in [0.15, 0.2) is 0 Å². The highest BCUT2D eigenvalue weighted by atomic mass is 16.4. The van der Waals surface area contributed by atoms with E-state index in [0.29, 0.717) is 6.42 Å². The molecule has 6 N–H and O–H groups in total. The topological polar surface area (TPSA) is 151 Å². The zero-order valence-electron chi connectivity index (χ0n) is 15.5. The molecule has 0 aromatic rings. The maximum absolute atomic E-state index is 12.0. The first-order valence-corrected chi connectivity index (χ1v) is 8.31. The normalized spacial score (nSPS) is 14.6. The minimum atomic E-state index is -1.15. The molecule has 25 heavy (non-hydrogen) atoms. The van der Waals surface area contributed by atoms with E-state index in [4.69, 9.17) is 10.8 Å². The van der Waals surface area contributed by atoms with Gasteiger partial charge in [0.15, 0.2) is 0 Å². The quantitative estimate of drug-likeness (QED) is 0.345. The number of nitrogens with two attached hydrogens (primary N) is 1. The second kappa shape index (κ2) is 10.7. The van der Waals surface area contributed by atoms with E-state index in [1.54, 1.807) is 13.8 Å². The average Bonchev–Trinajstić information content (AvgIpc) is 2.48. The van der Waals surface area contributed by atoms with Gasteiger partial charge >= 0.3 is 5.97 Å². The minimum Gasteiger partial charge on any atom is -0.480 e. The van der Waals surface area contributed by atoms with Crippen LogP contribution in [-0.4, -0.2) is 53.5 Å². The van der Waals surface area contributed by atoms with Crippen molar-refractivity contribution in [3.05, 3.63) is 0 Å². The van der Waals surface area contributed by atoms with Crippen molar-refractivity contribution in [1.29, 1.82) is 0 Å². The Morgan fingerprint density at radius 3 is 1.96 bits per heavy atom. The molecule has 0 radical (unpaired) electrons. The molecule has 9 heteroatoms. The van der Waals surface area contributed by atoms with Gasteiger partial charge in [-0.15, -0.1) is 0 Å². The summed E-state index contributed by atoms with van der Waals surface area (Å²) in [4.78, 5) is 46.6. The molecule has 3 amide bonds. The molecule has 0 aliphatic heterocycles. The van der Waals surface area contributed by atoms with Crippen LogP contribution in [0, 0.1) is 11.8 Å². The van der Waals surface area contributed by atoms with E-state index in [9.17, 15) is 19.2 Å². The Hall–Kier alpha value is -2.16. The molecular formula is C16H30N4O5. The summed E-state index contributed by atoms with van der Waals surface area (Å²) in [6, 6.07) is -2.68. The van der Waals surface area contributed by atoms with Crippen LogP contribution in [-0.2, 0) is 19.2 Å². The molecule has 0 spiro atoms. The molecule has 0 heterocycles. The Bertz CT molecular complexity index is 493. The van der Waals surface area contributed by atoms with Gasteiger partial charge in [0.25, 0.3) is 0 Å². The lowest BCUT2D eigenvalue weighted by molar-refractivity contribution is -0.143. The number of hydrogen-bond acceptors (Lipinski definition) is 5. The highest BCUT2D eigenvalue weighted by Gasteiger charge is 2.26. The Kier molecular flexibility index (Phi) is 9.73. The van der Waals surface area contributed by atoms with Crippen LogP contribution in [0.1, 0.15) is 41.0 Å². The van der Waals surface area contributed by atoms with Gasteiger partial charge in [-0.05, 0) is 25.2 Å². The Morgan fingerprint density at radius 2 is 1.52 bits per heavy atom. The Morgan fingerprint density at radius 1 is 0.960 bits per heavy atom. The lowest BCUT2D eigenvalue weighted by Gasteiger charge is -2.21. The molecule has 3 unspecified atom stereocenters. The van der Waals surface area contributed by atoms with Crippen LogP contribution in [0.2, 0.25) is 0 Å². The second-order valence-corrected chi connectivity index (χ2v) is 6.81. The minimum absolute atomic E-state index is 0.251. The van der Waals surface area contributed by atoms with E-state index in [2.05, 4.69) is 16.0 Å². The first-order chi connectivity index (χ1) is 11.5. The van der Waals surface area contributed by atoms with Crippen molar-refractivity contribution >= 4 is 23.7 Å². The molecule has 144 valence electrons. The third-order valence-corrected chi connectivity index (χ3v) is 3.49. The average molecular weight is 358 g/mol. The van der Waals surface area contributed by atoms with Crippen molar-refractivity contribution in [2.75, 3.05) is 6.54 Å². The van der Waals surface area contributed by atoms with E-state index in [0.717, 1.165) is 0 Å². The first-order valence-electron chi connectivity index (χ1n) is 8.31. The molecule has 0 saturated carbocycles. The maximum atomic E-state index is 12.0. The Balaban J connectivity index is 4.39. The van der Waals surface area contributed by atoms with Crippen LogP contribution in [0.5, 0.6) is 0 Å². The number of nitrogens with one attached hydrogen (secondary N) is 3. The second-order valence-electron chi connectivity index (χ2n) is 6.81. The van der Waals surface area contributed by atoms with Crippen molar-refractivity contribution < 1.29 is 24.3 Å². The monoisotopic (exact) mass is 358 g/mol. The summed E-state index contributed by atoms with van der Waals surface area (Å²) in [7, 11) is 0. The number of carbonyl (C=O) groups excluding carboxylic acids is 3. The summed E-state index contributed by atoms with van der Waals surface area (Å²) < 4.78 is 0. The van der Waals surface area contributed by atoms with E-state index in [-0.39, 0.29) is 18.4 Å². The molecule has 0 aromatic carbocycles. The molecule has 0 saturated heterocycles. The number of hydrogen-bond donors (Lipinski definition) is 5. The van der Waals surface area contributed by atoms with Gasteiger partial charge in [-0.25, -0.2) is 4.79 Å². The predicted octanol–water partition coefficient (Wildman–Crippen LogP) is -0.794. The largest absolute Gasteiger partial charge is 0.480 e. The highest BCUT2D eigenvalue weighted by molar-refractivity contribution is 5.92. The van der Waals surface area contributed by atoms with Gasteiger partial charge in [0.05, 0.1) is 12.6 Å². The number of carboxylic acid groups (broad SMARTS) is 1. The van der Waals surface area contributed by atoms with E-state index in [1.165, 1.54) is 6.92 Å². The fourth-order valence-electron chi connectivity index (χ4n) is 2.06. The zero-order chi connectivity index (χ0) is 19.7. The summed E-state index contributed by atoms with van der Waals surface area (Å²) >= 11 is 0. The Labute approximate surface area is 148 Å². The third kappa shape index (κ3) is 9.04. The summed E-state index contributed by atoms with van der Waals surface area (Å²) in [5.74, 6) is -2.81. The molecular weight excluding hydrogens is 328 g/mol. The van der Waals surface area contributed by atoms with E-state index < -0.39 is 41.8 Å². The van der Waals surface area contributed by atoms with Crippen molar-refractivity contribution in [3.63, 3.8) is 0 Å². The standard InChI is InChI=1S/C16H30N4O5/c1-8(2)6-11(17)15(23)18-7-12(21)19-10(5)14(22)20-13(9(3)4)16(24)25/h8-11,13H,6-7,17H2,1-5H3,(H,18,23)(H,19,21)(H,20,22)(H,24,25). The SMILES string of the molecule is CC(C)CC(N)C(=O)NCC(=O)NC(C)C(=O)NC(C(=O)O)C(C)C. The van der Waals surface area contributed by atoms with Crippen molar-refractivity contribution in [2.45, 2.75) is 59.2 Å². The number of amides is 3. The van der Waals surface area contributed by atoms with E-state index >= 15 is 0 Å². The molecule has 0 bridgehead atoms. The van der Waals surface area contributed by atoms with Gasteiger partial charge in [0, 0.05) is 0 Å². The number of carbonyl (C=O) groups is 4. The molecule has 0 aliphatic carbocycles. The molecule has 0 aromatic heterocycles. The lowest BCUT2D eigenvalue weighted by Crippen LogP contribution is -2.53. The van der Waals surface area contributed by atoms with Gasteiger partial charge < -0.3 is 26.8 Å². The molecule has 9 nitrogen and oxygen atoms in total. The summed E-state index contributed by atoms with van der Waals surface area (Å²) in [5, 5.41) is 16.2. The van der Waals surface area contributed by atoms with Gasteiger partial charge in [0.2, 0.25) is 17.7 Å². The van der Waals surface area contributed by atoms with Gasteiger partial charge in [-0.3, -0.25) is 14.4 Å². The van der Waals surface area contributed by atoms with Crippen molar-refractivity contribution in [3.8, 4) is 0 Å². The molecule has 0 aliphatic rings. The van der Waals surface area contributed by atoms with Gasteiger partial charge in [-0.2, -0.15) is 0 Å².